The molecule has 0 fully saturated rings. The molecule has 0 radical (unpaired) electrons. The lowest BCUT2D eigenvalue weighted by atomic mass is 9.99. The summed E-state index contributed by atoms with van der Waals surface area (Å²) in [6.45, 7) is 3.04. The summed E-state index contributed by atoms with van der Waals surface area (Å²) in [6, 6.07) is 4.96. The van der Waals surface area contributed by atoms with Gasteiger partial charge in [0, 0.05) is 10.6 Å². The fourth-order valence-electron chi connectivity index (χ4n) is 1.94. The maximum absolute atomic E-state index is 14.1. The molecule has 0 bridgehead atoms. The van der Waals surface area contributed by atoms with Gasteiger partial charge in [-0.05, 0) is 48.7 Å². The van der Waals surface area contributed by atoms with Crippen molar-refractivity contribution >= 4 is 23.2 Å². The topological polar surface area (TPSA) is 0 Å². The van der Waals surface area contributed by atoms with Gasteiger partial charge >= 0.3 is 0 Å². The average molecular weight is 319 g/mol. The summed E-state index contributed by atoms with van der Waals surface area (Å²) >= 11 is 12.1. The van der Waals surface area contributed by atoms with E-state index in [-0.39, 0.29) is 21.7 Å². The number of aryl methyl sites for hydroxylation is 2. The molecule has 0 aromatic heterocycles. The Balaban J connectivity index is 2.60. The predicted octanol–water partition coefficient (Wildman–Crippen LogP) is 5.70. The Labute approximate surface area is 125 Å². The Hall–Kier alpha value is -1.19. The van der Waals surface area contributed by atoms with E-state index in [9.17, 15) is 13.2 Å². The molecule has 20 heavy (non-hydrogen) atoms. The molecule has 0 spiro atoms. The van der Waals surface area contributed by atoms with Crippen molar-refractivity contribution in [1.82, 2.24) is 0 Å². The summed E-state index contributed by atoms with van der Waals surface area (Å²) in [6.07, 6.45) is 0. The summed E-state index contributed by atoms with van der Waals surface area (Å²) < 4.78 is 41.3. The molecule has 0 aliphatic heterocycles. The van der Waals surface area contributed by atoms with Gasteiger partial charge in [-0.15, -0.1) is 11.6 Å². The van der Waals surface area contributed by atoms with Crippen molar-refractivity contribution in [2.24, 2.45) is 0 Å². The number of hydrogen-bond donors (Lipinski definition) is 0. The van der Waals surface area contributed by atoms with Crippen LogP contribution >= 0.6 is 23.2 Å². The quantitative estimate of drug-likeness (QED) is 0.623. The monoisotopic (exact) mass is 318 g/mol. The van der Waals surface area contributed by atoms with Crippen molar-refractivity contribution in [3.63, 3.8) is 0 Å². The highest BCUT2D eigenvalue weighted by Crippen LogP contribution is 2.38. The molecule has 1 atom stereocenters. The van der Waals surface area contributed by atoms with Crippen molar-refractivity contribution in [1.29, 1.82) is 0 Å². The van der Waals surface area contributed by atoms with Gasteiger partial charge in [-0.3, -0.25) is 0 Å². The fraction of sp³-hybridized carbons (Fsp3) is 0.200. The SMILES string of the molecule is Cc1cc(C(Cl)c2c(F)ccc(C)c2F)c(Cl)cc1F. The molecule has 0 N–H and O–H groups in total. The van der Waals surface area contributed by atoms with Gasteiger partial charge in [0.05, 0.1) is 5.38 Å². The number of alkyl halides is 1. The number of halogens is 5. The highest BCUT2D eigenvalue weighted by Gasteiger charge is 2.24. The van der Waals surface area contributed by atoms with E-state index in [1.807, 2.05) is 0 Å². The minimum absolute atomic E-state index is 0.0356. The van der Waals surface area contributed by atoms with Crippen LogP contribution < -0.4 is 0 Å². The normalized spacial score (nSPS) is 12.6. The van der Waals surface area contributed by atoms with Crippen LogP contribution in [0.4, 0.5) is 13.2 Å². The average Bonchev–Trinajstić information content (AvgIpc) is 2.38. The first kappa shape index (κ1) is 15.2. The lowest BCUT2D eigenvalue weighted by molar-refractivity contribution is 0.553. The van der Waals surface area contributed by atoms with Crippen molar-refractivity contribution in [3.05, 3.63) is 69.0 Å². The molecule has 0 aliphatic carbocycles. The van der Waals surface area contributed by atoms with E-state index in [0.29, 0.717) is 5.56 Å². The number of benzene rings is 2. The van der Waals surface area contributed by atoms with Crippen LogP contribution in [0.5, 0.6) is 0 Å². The van der Waals surface area contributed by atoms with Gasteiger partial charge in [-0.25, -0.2) is 13.2 Å². The zero-order valence-corrected chi connectivity index (χ0v) is 12.3. The molecular weight excluding hydrogens is 308 g/mol. The van der Waals surface area contributed by atoms with Gasteiger partial charge < -0.3 is 0 Å². The molecule has 1 unspecified atom stereocenters. The smallest absolute Gasteiger partial charge is 0.134 e. The van der Waals surface area contributed by atoms with Crippen LogP contribution in [-0.2, 0) is 0 Å². The summed E-state index contributed by atoms with van der Waals surface area (Å²) in [5.74, 6) is -1.97. The summed E-state index contributed by atoms with van der Waals surface area (Å²) in [5.41, 5.74) is 0.584. The number of rotatable bonds is 2. The molecule has 2 rings (SSSR count). The van der Waals surface area contributed by atoms with Crippen LogP contribution in [0, 0.1) is 31.3 Å². The lowest BCUT2D eigenvalue weighted by Crippen LogP contribution is -2.04. The Bertz CT molecular complexity index is 669. The molecule has 0 amide bonds. The molecule has 5 heteroatoms. The second-order valence-corrected chi connectivity index (χ2v) is 5.42. The van der Waals surface area contributed by atoms with Crippen molar-refractivity contribution in [2.45, 2.75) is 19.2 Å². The maximum atomic E-state index is 14.1. The lowest BCUT2D eigenvalue weighted by Gasteiger charge is -2.16. The van der Waals surface area contributed by atoms with E-state index in [1.165, 1.54) is 26.0 Å². The Kier molecular flexibility index (Phi) is 4.31. The Morgan fingerprint density at radius 3 is 2.25 bits per heavy atom. The van der Waals surface area contributed by atoms with Crippen LogP contribution in [0.1, 0.15) is 27.6 Å². The van der Waals surface area contributed by atoms with E-state index in [1.54, 1.807) is 0 Å². The first-order chi connectivity index (χ1) is 9.32. The van der Waals surface area contributed by atoms with Crippen LogP contribution in [0.15, 0.2) is 24.3 Å². The third kappa shape index (κ3) is 2.65. The summed E-state index contributed by atoms with van der Waals surface area (Å²) in [5, 5.41) is -1.09. The third-order valence-corrected chi connectivity index (χ3v) is 3.90. The highest BCUT2D eigenvalue weighted by molar-refractivity contribution is 6.33. The first-order valence-electron chi connectivity index (χ1n) is 5.87. The Morgan fingerprint density at radius 1 is 0.950 bits per heavy atom. The van der Waals surface area contributed by atoms with Gasteiger partial charge in [-0.2, -0.15) is 0 Å². The Morgan fingerprint density at radius 2 is 1.60 bits per heavy atom. The molecule has 2 aromatic rings. The van der Waals surface area contributed by atoms with Crippen molar-refractivity contribution in [2.75, 3.05) is 0 Å². The van der Waals surface area contributed by atoms with Crippen molar-refractivity contribution < 1.29 is 13.2 Å². The van der Waals surface area contributed by atoms with Gasteiger partial charge in [0.2, 0.25) is 0 Å². The van der Waals surface area contributed by atoms with Gasteiger partial charge in [0.15, 0.2) is 0 Å². The first-order valence-corrected chi connectivity index (χ1v) is 6.68. The molecule has 2 aromatic carbocycles. The predicted molar refractivity (Wildman–Crippen MR) is 74.9 cm³/mol. The van der Waals surface area contributed by atoms with Crippen LogP contribution in [0.3, 0.4) is 0 Å². The minimum Gasteiger partial charge on any atom is -0.207 e. The molecule has 0 saturated carbocycles. The number of hydrogen-bond acceptors (Lipinski definition) is 0. The van der Waals surface area contributed by atoms with Crippen LogP contribution in [0.25, 0.3) is 0 Å². The van der Waals surface area contributed by atoms with E-state index in [4.69, 9.17) is 23.2 Å². The zero-order valence-electron chi connectivity index (χ0n) is 10.8. The van der Waals surface area contributed by atoms with Gasteiger partial charge in [0.25, 0.3) is 0 Å². The fourth-order valence-corrected chi connectivity index (χ4v) is 2.64. The molecule has 106 valence electrons. The minimum atomic E-state index is -1.12. The van der Waals surface area contributed by atoms with E-state index in [0.717, 1.165) is 12.1 Å². The highest BCUT2D eigenvalue weighted by atomic mass is 35.5. The summed E-state index contributed by atoms with van der Waals surface area (Å²) in [7, 11) is 0. The van der Waals surface area contributed by atoms with Crippen LogP contribution in [-0.4, -0.2) is 0 Å². The molecule has 0 aliphatic rings. The molecule has 0 saturated heterocycles. The molecule has 0 nitrogen and oxygen atoms in total. The van der Waals surface area contributed by atoms with E-state index < -0.39 is 22.8 Å². The second-order valence-electron chi connectivity index (χ2n) is 4.58. The third-order valence-electron chi connectivity index (χ3n) is 3.12. The van der Waals surface area contributed by atoms with Crippen LogP contribution in [0.2, 0.25) is 5.02 Å². The van der Waals surface area contributed by atoms with E-state index in [2.05, 4.69) is 0 Å². The maximum Gasteiger partial charge on any atom is 0.134 e. The van der Waals surface area contributed by atoms with Crippen molar-refractivity contribution in [3.8, 4) is 0 Å². The van der Waals surface area contributed by atoms with Gasteiger partial charge in [-0.1, -0.05) is 17.7 Å². The summed E-state index contributed by atoms with van der Waals surface area (Å²) in [4.78, 5) is 0. The second kappa shape index (κ2) is 5.66. The van der Waals surface area contributed by atoms with Gasteiger partial charge in [0.1, 0.15) is 17.5 Å². The largest absolute Gasteiger partial charge is 0.207 e. The standard InChI is InChI=1S/C15H11Cl2F3/c1-7-3-4-11(18)13(15(7)20)14(17)9-5-8(2)12(19)6-10(9)16/h3-6,14H,1-2H3. The molecular formula is C15H11Cl2F3. The zero-order chi connectivity index (χ0) is 15.0. The molecule has 0 heterocycles. The van der Waals surface area contributed by atoms with E-state index >= 15 is 0 Å².